The van der Waals surface area contributed by atoms with Gasteiger partial charge in [-0.3, -0.25) is 4.57 Å². The Morgan fingerprint density at radius 1 is 0.472 bits per heavy atom. The molecule has 0 aromatic rings. The van der Waals surface area contributed by atoms with Gasteiger partial charge in [-0.25, -0.2) is 0 Å². The molecule has 36 heavy (non-hydrogen) atoms. The molecule has 0 aliphatic rings. The van der Waals surface area contributed by atoms with Crippen molar-refractivity contribution < 1.29 is 14.4 Å². The van der Waals surface area contributed by atoms with Crippen molar-refractivity contribution in [3.8, 4) is 0 Å². The molecule has 0 amide bonds. The molecule has 0 radical (unpaired) electrons. The molecule has 0 aliphatic heterocycles. The number of unbranched alkanes of at least 4 members (excludes halogenated alkanes) is 22. The van der Waals surface area contributed by atoms with E-state index < -0.39 is 13.3 Å². The van der Waals surface area contributed by atoms with Crippen molar-refractivity contribution >= 4 is 7.60 Å². The minimum Gasteiger partial charge on any atom is -0.324 e. The summed E-state index contributed by atoms with van der Waals surface area (Å²) in [5, 5.41) is 0. The lowest BCUT2D eigenvalue weighted by atomic mass is 10.0. The molecular weight excluding hydrogens is 463 g/mol. The van der Waals surface area contributed by atoms with Gasteiger partial charge in [0.2, 0.25) is 0 Å². The quantitative estimate of drug-likeness (QED) is 0.0576. The van der Waals surface area contributed by atoms with Gasteiger partial charge in [-0.05, 0) is 38.5 Å². The molecule has 0 rings (SSSR count). The zero-order valence-electron chi connectivity index (χ0n) is 24.6. The molecule has 0 aromatic carbocycles. The summed E-state index contributed by atoms with van der Waals surface area (Å²) < 4.78 is 11.9. The third-order valence-corrected chi connectivity index (χ3v) is 9.13. The fourth-order valence-electron chi connectivity index (χ4n) is 5.15. The molecule has 0 aliphatic carbocycles. The molecule has 1 atom stereocenters. The van der Waals surface area contributed by atoms with Crippen LogP contribution in [0.3, 0.4) is 0 Å². The van der Waals surface area contributed by atoms with Crippen molar-refractivity contribution in [2.45, 2.75) is 193 Å². The van der Waals surface area contributed by atoms with E-state index in [1.165, 1.54) is 135 Å². The molecular formula is C32H65O3P. The predicted molar refractivity (Wildman–Crippen MR) is 161 cm³/mol. The Morgan fingerprint density at radius 2 is 0.750 bits per heavy atom. The Balaban J connectivity index is 3.59. The maximum atomic E-state index is 11.9. The van der Waals surface area contributed by atoms with Gasteiger partial charge in [0.15, 0.2) is 0 Å². The van der Waals surface area contributed by atoms with Gasteiger partial charge in [0, 0.05) is 0 Å². The van der Waals surface area contributed by atoms with Gasteiger partial charge < -0.3 is 9.79 Å². The third-order valence-electron chi connectivity index (χ3n) is 7.67. The zero-order chi connectivity index (χ0) is 26.6. The van der Waals surface area contributed by atoms with Gasteiger partial charge in [0.25, 0.3) is 0 Å². The molecule has 2 N–H and O–H groups in total. The normalized spacial score (nSPS) is 13.1. The van der Waals surface area contributed by atoms with Crippen LogP contribution in [0.2, 0.25) is 0 Å². The van der Waals surface area contributed by atoms with E-state index in [0.717, 1.165) is 25.7 Å². The minimum absolute atomic E-state index is 0.412. The van der Waals surface area contributed by atoms with Crippen molar-refractivity contribution in [1.82, 2.24) is 0 Å². The highest BCUT2D eigenvalue weighted by molar-refractivity contribution is 7.52. The second-order valence-corrected chi connectivity index (χ2v) is 13.2. The van der Waals surface area contributed by atoms with Crippen LogP contribution >= 0.6 is 7.60 Å². The van der Waals surface area contributed by atoms with E-state index in [4.69, 9.17) is 0 Å². The van der Waals surface area contributed by atoms with Gasteiger partial charge >= 0.3 is 7.60 Å². The highest BCUT2D eigenvalue weighted by Crippen LogP contribution is 2.46. The van der Waals surface area contributed by atoms with E-state index in [2.05, 4.69) is 26.0 Å². The van der Waals surface area contributed by atoms with E-state index in [1.807, 2.05) is 0 Å². The first-order chi connectivity index (χ1) is 17.5. The molecule has 0 heterocycles. The Morgan fingerprint density at radius 3 is 1.06 bits per heavy atom. The second-order valence-electron chi connectivity index (χ2n) is 11.3. The Kier molecular flexibility index (Phi) is 27.8. The molecule has 216 valence electrons. The van der Waals surface area contributed by atoms with Crippen LogP contribution in [0, 0.1) is 0 Å². The third kappa shape index (κ3) is 26.9. The second kappa shape index (κ2) is 27.9. The lowest BCUT2D eigenvalue weighted by Crippen LogP contribution is -2.08. The summed E-state index contributed by atoms with van der Waals surface area (Å²) in [6, 6.07) is 0. The zero-order valence-corrected chi connectivity index (χ0v) is 25.5. The van der Waals surface area contributed by atoms with Crippen LogP contribution in [0.1, 0.15) is 187 Å². The van der Waals surface area contributed by atoms with Gasteiger partial charge in [-0.2, -0.15) is 0 Å². The predicted octanol–water partition coefficient (Wildman–Crippen LogP) is 11.7. The molecule has 0 fully saturated rings. The number of hydrogen-bond acceptors (Lipinski definition) is 1. The van der Waals surface area contributed by atoms with E-state index in [9.17, 15) is 14.4 Å². The van der Waals surface area contributed by atoms with Crippen molar-refractivity contribution in [2.24, 2.45) is 0 Å². The highest BCUT2D eigenvalue weighted by Gasteiger charge is 2.27. The summed E-state index contributed by atoms with van der Waals surface area (Å²) >= 11 is 0. The van der Waals surface area contributed by atoms with Crippen LogP contribution < -0.4 is 0 Å². The van der Waals surface area contributed by atoms with Gasteiger partial charge in [-0.1, -0.05) is 161 Å². The summed E-state index contributed by atoms with van der Waals surface area (Å²) in [6.07, 6.45) is 38.0. The van der Waals surface area contributed by atoms with Crippen molar-refractivity contribution in [3.05, 3.63) is 12.2 Å². The fourth-order valence-corrected chi connectivity index (χ4v) is 6.19. The first kappa shape index (κ1) is 35.9. The first-order valence-electron chi connectivity index (χ1n) is 16.2. The summed E-state index contributed by atoms with van der Waals surface area (Å²) in [4.78, 5) is 19.5. The highest BCUT2D eigenvalue weighted by atomic mass is 31.2. The molecule has 1 unspecified atom stereocenters. The Hall–Kier alpha value is -0.110. The van der Waals surface area contributed by atoms with E-state index in [1.54, 1.807) is 0 Å². The van der Waals surface area contributed by atoms with E-state index >= 15 is 0 Å². The van der Waals surface area contributed by atoms with Gasteiger partial charge in [0.1, 0.15) is 0 Å². The van der Waals surface area contributed by atoms with Crippen molar-refractivity contribution in [1.29, 1.82) is 0 Å². The van der Waals surface area contributed by atoms with E-state index in [0.29, 0.717) is 12.8 Å². The summed E-state index contributed by atoms with van der Waals surface area (Å²) in [6.45, 7) is 4.53. The maximum absolute atomic E-state index is 11.9. The number of allylic oxidation sites excluding steroid dienone is 2. The maximum Gasteiger partial charge on any atom is 0.328 e. The molecule has 0 bridgehead atoms. The molecule has 3 nitrogen and oxygen atoms in total. The van der Waals surface area contributed by atoms with Crippen LogP contribution in [0.4, 0.5) is 0 Å². The Bertz CT molecular complexity index is 500. The van der Waals surface area contributed by atoms with Gasteiger partial charge in [0.05, 0.1) is 5.66 Å². The first-order valence-corrected chi connectivity index (χ1v) is 17.9. The summed E-state index contributed by atoms with van der Waals surface area (Å²) in [5.74, 6) is 0. The monoisotopic (exact) mass is 528 g/mol. The lowest BCUT2D eigenvalue weighted by Gasteiger charge is -2.18. The summed E-state index contributed by atoms with van der Waals surface area (Å²) in [7, 11) is -3.96. The minimum atomic E-state index is -3.96. The van der Waals surface area contributed by atoms with Crippen LogP contribution in [-0.4, -0.2) is 15.4 Å². The van der Waals surface area contributed by atoms with Crippen LogP contribution in [0.5, 0.6) is 0 Å². The SMILES string of the molecule is CCCCCCCC/C=C\CCCCCCCC(CCCCCCCCCCCCCC)P(=O)(O)O. The largest absolute Gasteiger partial charge is 0.328 e. The molecule has 0 saturated carbocycles. The smallest absolute Gasteiger partial charge is 0.324 e. The number of hydrogen-bond donors (Lipinski definition) is 2. The average Bonchev–Trinajstić information content (AvgIpc) is 2.85. The molecule has 0 aromatic heterocycles. The average molecular weight is 529 g/mol. The van der Waals surface area contributed by atoms with Crippen LogP contribution in [0.25, 0.3) is 0 Å². The topological polar surface area (TPSA) is 57.5 Å². The van der Waals surface area contributed by atoms with Crippen molar-refractivity contribution in [3.63, 3.8) is 0 Å². The standard InChI is InChI=1S/C32H65O3P/c1-3-5-7-9-11-13-15-17-18-19-21-23-25-27-29-31-32(36(33,34)35)30-28-26-24-22-20-16-14-12-10-8-6-4-2/h17-18,32H,3-16,19-31H2,1-2H3,(H2,33,34,35)/b18-17-. The van der Waals surface area contributed by atoms with E-state index in [-0.39, 0.29) is 0 Å². The number of rotatable bonds is 29. The Labute approximate surface area is 226 Å². The van der Waals surface area contributed by atoms with Gasteiger partial charge in [-0.15, -0.1) is 0 Å². The summed E-state index contributed by atoms with van der Waals surface area (Å²) in [5.41, 5.74) is -0.412. The molecule has 0 spiro atoms. The fraction of sp³-hybridized carbons (Fsp3) is 0.938. The van der Waals surface area contributed by atoms with Crippen LogP contribution in [-0.2, 0) is 4.57 Å². The molecule has 4 heteroatoms. The van der Waals surface area contributed by atoms with Crippen LogP contribution in [0.15, 0.2) is 12.2 Å². The lowest BCUT2D eigenvalue weighted by molar-refractivity contribution is 0.345. The molecule has 0 saturated heterocycles. The van der Waals surface area contributed by atoms with Crippen molar-refractivity contribution in [2.75, 3.05) is 0 Å².